The number of nitrogens with zero attached hydrogens (tertiary/aromatic N) is 2. The predicted octanol–water partition coefficient (Wildman–Crippen LogP) is 1.84. The zero-order valence-corrected chi connectivity index (χ0v) is 18.8. The molecule has 2 aliphatic heterocycles. The Bertz CT molecular complexity index is 1140. The van der Waals surface area contributed by atoms with Crippen molar-refractivity contribution in [2.45, 2.75) is 29.8 Å². The zero-order valence-electron chi connectivity index (χ0n) is 18.0. The number of ether oxygens (including phenoxy) is 1. The van der Waals surface area contributed by atoms with Gasteiger partial charge in [0.1, 0.15) is 11.2 Å². The molecule has 0 bridgehead atoms. The van der Waals surface area contributed by atoms with Crippen LogP contribution in [0.4, 0.5) is 20.6 Å². The predicted molar refractivity (Wildman–Crippen MR) is 120 cm³/mol. The summed E-state index contributed by atoms with van der Waals surface area (Å²) >= 11 is 0. The van der Waals surface area contributed by atoms with E-state index in [-0.39, 0.29) is 41.7 Å². The summed E-state index contributed by atoms with van der Waals surface area (Å²) in [6.45, 7) is 2.67. The summed E-state index contributed by atoms with van der Waals surface area (Å²) in [5, 5.41) is 4.66. The van der Waals surface area contributed by atoms with Crippen LogP contribution in [0.5, 0.6) is 0 Å². The summed E-state index contributed by atoms with van der Waals surface area (Å²) in [6, 6.07) is 12.3. The van der Waals surface area contributed by atoms with Gasteiger partial charge in [-0.3, -0.25) is 9.69 Å². The van der Waals surface area contributed by atoms with Crippen molar-refractivity contribution in [2.24, 2.45) is 0 Å². The van der Waals surface area contributed by atoms with Crippen molar-refractivity contribution in [2.75, 3.05) is 36.0 Å². The second kappa shape index (κ2) is 9.36. The van der Waals surface area contributed by atoms with E-state index in [9.17, 15) is 18.0 Å². The number of cyclic esters (lactones) is 1. The van der Waals surface area contributed by atoms with Crippen molar-refractivity contribution in [3.05, 3.63) is 54.3 Å². The molecule has 2 unspecified atom stereocenters. The molecule has 4 rings (SSSR count). The maximum Gasteiger partial charge on any atom is 0.416 e. The fraction of sp³-hybridized carbons (Fsp3) is 0.364. The molecule has 2 atom stereocenters. The molecule has 0 saturated carbocycles. The molecule has 0 aromatic heterocycles. The quantitative estimate of drug-likeness (QED) is 0.655. The minimum absolute atomic E-state index is 0.0437. The van der Waals surface area contributed by atoms with Crippen LogP contribution < -0.4 is 20.4 Å². The monoisotopic (exact) mass is 476 g/mol. The molecule has 2 aliphatic rings. The van der Waals surface area contributed by atoms with E-state index in [2.05, 4.69) is 10.6 Å². The lowest BCUT2D eigenvalue weighted by molar-refractivity contribution is -0.123. The van der Waals surface area contributed by atoms with Crippen molar-refractivity contribution in [1.29, 1.82) is 0 Å². The van der Waals surface area contributed by atoms with Crippen LogP contribution in [0, 0.1) is 5.82 Å². The SMILES string of the molecule is CCC(=O)NC1CN(c2ccc(N3CCNCC3S(=O)(=O)c3ccccc3)c(F)c2)C(=O)O1. The third-order valence-corrected chi connectivity index (χ3v) is 7.70. The molecule has 0 aliphatic carbocycles. The lowest BCUT2D eigenvalue weighted by atomic mass is 10.2. The average Bonchev–Trinajstić information content (AvgIpc) is 3.19. The Balaban J connectivity index is 1.58. The van der Waals surface area contributed by atoms with E-state index in [1.165, 1.54) is 40.1 Å². The van der Waals surface area contributed by atoms with Crippen LogP contribution in [0.15, 0.2) is 53.4 Å². The maximum absolute atomic E-state index is 15.2. The lowest BCUT2D eigenvalue weighted by Crippen LogP contribution is -2.55. The van der Waals surface area contributed by atoms with E-state index in [0.717, 1.165) is 0 Å². The van der Waals surface area contributed by atoms with Gasteiger partial charge in [-0.2, -0.15) is 0 Å². The lowest BCUT2D eigenvalue weighted by Gasteiger charge is -2.37. The molecular weight excluding hydrogens is 451 g/mol. The number of anilines is 2. The van der Waals surface area contributed by atoms with E-state index >= 15 is 4.39 Å². The van der Waals surface area contributed by atoms with Crippen molar-refractivity contribution in [1.82, 2.24) is 10.6 Å². The number of rotatable bonds is 6. The van der Waals surface area contributed by atoms with E-state index in [1.54, 1.807) is 25.1 Å². The Hall–Kier alpha value is -3.18. The molecule has 9 nitrogen and oxygen atoms in total. The Kier molecular flexibility index (Phi) is 6.52. The number of amides is 2. The first-order valence-electron chi connectivity index (χ1n) is 10.6. The standard InChI is InChI=1S/C22H25FN4O5S/c1-2-19(28)25-20-14-27(22(29)32-20)15-8-9-18(17(23)12-15)26-11-10-24-13-21(26)33(30,31)16-6-4-3-5-7-16/h3-9,12,20-21,24H,2,10-11,13-14H2,1H3,(H,25,28). The molecule has 2 fully saturated rings. The molecule has 11 heteroatoms. The third kappa shape index (κ3) is 4.64. The van der Waals surface area contributed by atoms with Gasteiger partial charge in [0, 0.05) is 26.1 Å². The van der Waals surface area contributed by atoms with Gasteiger partial charge in [-0.25, -0.2) is 17.6 Å². The van der Waals surface area contributed by atoms with Crippen LogP contribution in [0.2, 0.25) is 0 Å². The Labute approximate surface area is 191 Å². The maximum atomic E-state index is 15.2. The van der Waals surface area contributed by atoms with Crippen LogP contribution in [-0.2, 0) is 19.4 Å². The fourth-order valence-corrected chi connectivity index (χ4v) is 5.67. The number of carbonyl (C=O) groups excluding carboxylic acids is 2. The number of piperazine rings is 1. The molecule has 2 aromatic carbocycles. The van der Waals surface area contributed by atoms with Crippen LogP contribution in [-0.4, -0.2) is 58.2 Å². The van der Waals surface area contributed by atoms with Crippen molar-refractivity contribution in [3.63, 3.8) is 0 Å². The summed E-state index contributed by atoms with van der Waals surface area (Å²) in [6.07, 6.45) is -1.27. The number of halogens is 1. The molecule has 0 radical (unpaired) electrons. The van der Waals surface area contributed by atoms with Gasteiger partial charge in [0.05, 0.1) is 22.8 Å². The molecule has 33 heavy (non-hydrogen) atoms. The van der Waals surface area contributed by atoms with Crippen molar-refractivity contribution >= 4 is 33.2 Å². The highest BCUT2D eigenvalue weighted by Crippen LogP contribution is 2.31. The van der Waals surface area contributed by atoms with Gasteiger partial charge >= 0.3 is 6.09 Å². The highest BCUT2D eigenvalue weighted by molar-refractivity contribution is 7.92. The average molecular weight is 477 g/mol. The van der Waals surface area contributed by atoms with Crippen LogP contribution in [0.3, 0.4) is 0 Å². The first kappa shape index (κ1) is 23.0. The van der Waals surface area contributed by atoms with E-state index < -0.39 is 33.3 Å². The Morgan fingerprint density at radius 2 is 2.00 bits per heavy atom. The van der Waals surface area contributed by atoms with Gasteiger partial charge in [-0.15, -0.1) is 0 Å². The first-order chi connectivity index (χ1) is 15.8. The highest BCUT2D eigenvalue weighted by Gasteiger charge is 2.37. The van der Waals surface area contributed by atoms with E-state index in [4.69, 9.17) is 4.74 Å². The molecule has 176 valence electrons. The minimum Gasteiger partial charge on any atom is -0.423 e. The fourth-order valence-electron chi connectivity index (χ4n) is 3.93. The summed E-state index contributed by atoms with van der Waals surface area (Å²) in [7, 11) is -3.76. The van der Waals surface area contributed by atoms with E-state index in [0.29, 0.717) is 13.1 Å². The van der Waals surface area contributed by atoms with Crippen molar-refractivity contribution in [3.8, 4) is 0 Å². The normalized spacial score (nSPS) is 21.1. The minimum atomic E-state index is -3.76. The topological polar surface area (TPSA) is 108 Å². The van der Waals surface area contributed by atoms with Crippen LogP contribution in [0.25, 0.3) is 0 Å². The number of hydrogen-bond acceptors (Lipinski definition) is 7. The highest BCUT2D eigenvalue weighted by atomic mass is 32.2. The smallest absolute Gasteiger partial charge is 0.416 e. The number of hydrogen-bond donors (Lipinski definition) is 2. The molecule has 2 aromatic rings. The molecule has 2 heterocycles. The van der Waals surface area contributed by atoms with E-state index in [1.807, 2.05) is 0 Å². The van der Waals surface area contributed by atoms with Crippen LogP contribution in [0.1, 0.15) is 13.3 Å². The summed E-state index contributed by atoms with van der Waals surface area (Å²) < 4.78 is 46.9. The van der Waals surface area contributed by atoms with Gasteiger partial charge in [-0.05, 0) is 30.3 Å². The number of sulfone groups is 1. The third-order valence-electron chi connectivity index (χ3n) is 5.63. The van der Waals surface area contributed by atoms with Gasteiger partial charge in [0.15, 0.2) is 6.23 Å². The van der Waals surface area contributed by atoms with Gasteiger partial charge < -0.3 is 20.3 Å². The van der Waals surface area contributed by atoms with Gasteiger partial charge in [0.2, 0.25) is 15.7 Å². The Morgan fingerprint density at radius 3 is 2.70 bits per heavy atom. The molecule has 0 spiro atoms. The van der Waals surface area contributed by atoms with Gasteiger partial charge in [0.25, 0.3) is 0 Å². The second-order valence-electron chi connectivity index (χ2n) is 7.75. The number of carbonyl (C=O) groups is 2. The summed E-state index contributed by atoms with van der Waals surface area (Å²) in [5.41, 5.74) is 0.389. The number of benzene rings is 2. The molecule has 2 N–H and O–H groups in total. The first-order valence-corrected chi connectivity index (χ1v) is 12.2. The molecule has 2 saturated heterocycles. The van der Waals surface area contributed by atoms with Gasteiger partial charge in [-0.1, -0.05) is 25.1 Å². The largest absolute Gasteiger partial charge is 0.423 e. The molecule has 2 amide bonds. The second-order valence-corrected chi connectivity index (χ2v) is 9.86. The number of nitrogens with one attached hydrogen (secondary N) is 2. The summed E-state index contributed by atoms with van der Waals surface area (Å²) in [5.74, 6) is -0.919. The molecular formula is C22H25FN4O5S. The van der Waals surface area contributed by atoms with Crippen LogP contribution >= 0.6 is 0 Å². The zero-order chi connectivity index (χ0) is 23.6. The Morgan fingerprint density at radius 1 is 1.24 bits per heavy atom. The van der Waals surface area contributed by atoms with Crippen molar-refractivity contribution < 1.29 is 27.1 Å². The summed E-state index contributed by atoms with van der Waals surface area (Å²) in [4.78, 5) is 26.7.